The summed E-state index contributed by atoms with van der Waals surface area (Å²) in [5.74, 6) is -1.08. The van der Waals surface area contributed by atoms with E-state index < -0.39 is 16.9 Å². The third kappa shape index (κ3) is 5.53. The lowest BCUT2D eigenvalue weighted by molar-refractivity contribution is -0.384. The van der Waals surface area contributed by atoms with Gasteiger partial charge in [0.2, 0.25) is 5.91 Å². The van der Waals surface area contributed by atoms with Crippen LogP contribution >= 0.6 is 11.6 Å². The van der Waals surface area contributed by atoms with Crippen molar-refractivity contribution in [3.8, 4) is 0 Å². The van der Waals surface area contributed by atoms with Crippen LogP contribution in [0.4, 0.5) is 5.69 Å². The van der Waals surface area contributed by atoms with E-state index in [0.29, 0.717) is 6.54 Å². The maximum Gasteiger partial charge on any atom is 0.270 e. The predicted molar refractivity (Wildman–Crippen MR) is 104 cm³/mol. The molecule has 0 fully saturated rings. The van der Waals surface area contributed by atoms with Crippen molar-refractivity contribution in [1.29, 1.82) is 0 Å². The Morgan fingerprint density at radius 1 is 1.29 bits per heavy atom. The largest absolute Gasteiger partial charge is 0.350 e. The molecule has 2 unspecified atom stereocenters. The molecule has 0 spiro atoms. The van der Waals surface area contributed by atoms with E-state index in [9.17, 15) is 19.7 Å². The number of imidazole rings is 1. The summed E-state index contributed by atoms with van der Waals surface area (Å²) in [6.45, 7) is 6.01. The van der Waals surface area contributed by atoms with Crippen molar-refractivity contribution in [2.24, 2.45) is 5.92 Å². The first-order chi connectivity index (χ1) is 13.2. The Labute approximate surface area is 167 Å². The third-order valence-corrected chi connectivity index (χ3v) is 4.39. The number of nitrogens with zero attached hydrogens (tertiary/aromatic N) is 3. The number of carbonyl (C=O) groups excluding carboxylic acids is 2. The zero-order valence-corrected chi connectivity index (χ0v) is 16.5. The first-order valence-electron chi connectivity index (χ1n) is 8.70. The molecule has 0 aliphatic carbocycles. The minimum absolute atomic E-state index is 0.0527. The van der Waals surface area contributed by atoms with Gasteiger partial charge in [-0.25, -0.2) is 4.98 Å². The number of rotatable bonds is 8. The minimum Gasteiger partial charge on any atom is -0.350 e. The lowest BCUT2D eigenvalue weighted by Crippen LogP contribution is -2.52. The Kier molecular flexibility index (Phi) is 7.11. The smallest absolute Gasteiger partial charge is 0.270 e. The van der Waals surface area contributed by atoms with E-state index in [1.54, 1.807) is 18.7 Å². The predicted octanol–water partition coefficient (Wildman–Crippen LogP) is 2.40. The molecule has 1 heterocycles. The van der Waals surface area contributed by atoms with Crippen LogP contribution in [0.2, 0.25) is 5.02 Å². The van der Waals surface area contributed by atoms with Gasteiger partial charge in [0.1, 0.15) is 6.04 Å². The standard InChI is InChI=1S/C18H22ClN5O4/c1-11(2)16(18(26)21-12(3)9-23-7-6-20-10-23)22-17(25)14-5-4-13(24(27)28)8-15(14)19/h4-8,10-12,16H,9H2,1-3H3,(H,21,26)(H,22,25). The molecule has 0 aliphatic heterocycles. The Bertz CT molecular complexity index is 854. The van der Waals surface area contributed by atoms with E-state index >= 15 is 0 Å². The van der Waals surface area contributed by atoms with Gasteiger partial charge in [0, 0.05) is 37.1 Å². The monoisotopic (exact) mass is 407 g/mol. The molecule has 2 aromatic rings. The molecule has 2 atom stereocenters. The minimum atomic E-state index is -0.788. The number of nitro benzene ring substituents is 1. The number of halogens is 1. The van der Waals surface area contributed by atoms with Crippen LogP contribution in [0.3, 0.4) is 0 Å². The van der Waals surface area contributed by atoms with Crippen molar-refractivity contribution in [1.82, 2.24) is 20.2 Å². The van der Waals surface area contributed by atoms with E-state index in [2.05, 4.69) is 15.6 Å². The fraction of sp³-hybridized carbons (Fsp3) is 0.389. The Morgan fingerprint density at radius 3 is 2.54 bits per heavy atom. The van der Waals surface area contributed by atoms with Gasteiger partial charge in [-0.1, -0.05) is 25.4 Å². The number of carbonyl (C=O) groups is 2. The van der Waals surface area contributed by atoms with Crippen LogP contribution in [0.15, 0.2) is 36.9 Å². The van der Waals surface area contributed by atoms with Crippen molar-refractivity contribution < 1.29 is 14.5 Å². The van der Waals surface area contributed by atoms with Gasteiger partial charge in [-0.3, -0.25) is 19.7 Å². The molecule has 10 heteroatoms. The maximum atomic E-state index is 12.6. The van der Waals surface area contributed by atoms with E-state index in [4.69, 9.17) is 11.6 Å². The third-order valence-electron chi connectivity index (χ3n) is 4.08. The van der Waals surface area contributed by atoms with Gasteiger partial charge in [-0.05, 0) is 18.9 Å². The second kappa shape index (κ2) is 9.32. The molecular weight excluding hydrogens is 386 g/mol. The highest BCUT2D eigenvalue weighted by molar-refractivity contribution is 6.34. The van der Waals surface area contributed by atoms with Crippen molar-refractivity contribution >= 4 is 29.1 Å². The number of hydrogen-bond acceptors (Lipinski definition) is 5. The van der Waals surface area contributed by atoms with Crippen LogP contribution in [-0.2, 0) is 11.3 Å². The number of non-ortho nitro benzene ring substituents is 1. The summed E-state index contributed by atoms with van der Waals surface area (Å²) in [4.78, 5) is 39.3. The van der Waals surface area contributed by atoms with Crippen LogP contribution in [-0.4, -0.2) is 38.4 Å². The van der Waals surface area contributed by atoms with Crippen LogP contribution in [0.25, 0.3) is 0 Å². The first kappa shape index (κ1) is 21.4. The van der Waals surface area contributed by atoms with Crippen molar-refractivity contribution in [3.63, 3.8) is 0 Å². The molecule has 0 saturated carbocycles. The van der Waals surface area contributed by atoms with Crippen molar-refractivity contribution in [2.75, 3.05) is 0 Å². The molecule has 9 nitrogen and oxygen atoms in total. The number of benzene rings is 1. The molecule has 28 heavy (non-hydrogen) atoms. The van der Waals surface area contributed by atoms with E-state index in [0.717, 1.165) is 6.07 Å². The summed E-state index contributed by atoms with van der Waals surface area (Å²) in [6.07, 6.45) is 5.10. The molecule has 2 N–H and O–H groups in total. The second-order valence-corrected chi connectivity index (χ2v) is 7.19. The maximum absolute atomic E-state index is 12.6. The van der Waals surface area contributed by atoms with Gasteiger partial charge >= 0.3 is 0 Å². The lowest BCUT2D eigenvalue weighted by atomic mass is 10.0. The molecule has 150 valence electrons. The Morgan fingerprint density at radius 2 is 2.00 bits per heavy atom. The molecule has 1 aromatic heterocycles. The molecule has 2 rings (SSSR count). The summed E-state index contributed by atoms with van der Waals surface area (Å²) in [5.41, 5.74) is -0.148. The molecule has 0 saturated heterocycles. The summed E-state index contributed by atoms with van der Waals surface area (Å²) in [7, 11) is 0. The van der Waals surface area contributed by atoms with E-state index in [-0.39, 0.29) is 34.1 Å². The quantitative estimate of drug-likeness (QED) is 0.514. The topological polar surface area (TPSA) is 119 Å². The van der Waals surface area contributed by atoms with Gasteiger partial charge in [-0.2, -0.15) is 0 Å². The highest BCUT2D eigenvalue weighted by Crippen LogP contribution is 2.22. The summed E-state index contributed by atoms with van der Waals surface area (Å²) in [5, 5.41) is 16.3. The second-order valence-electron chi connectivity index (χ2n) is 6.79. The van der Waals surface area contributed by atoms with Gasteiger partial charge in [-0.15, -0.1) is 0 Å². The van der Waals surface area contributed by atoms with Gasteiger partial charge in [0.15, 0.2) is 0 Å². The van der Waals surface area contributed by atoms with Crippen LogP contribution in [0.1, 0.15) is 31.1 Å². The van der Waals surface area contributed by atoms with Gasteiger partial charge < -0.3 is 15.2 Å². The highest BCUT2D eigenvalue weighted by Gasteiger charge is 2.27. The molecule has 1 aromatic carbocycles. The van der Waals surface area contributed by atoms with Crippen LogP contribution in [0.5, 0.6) is 0 Å². The zero-order valence-electron chi connectivity index (χ0n) is 15.8. The SMILES string of the molecule is CC(Cn1ccnc1)NC(=O)C(NC(=O)c1ccc([N+](=O)[O-])cc1Cl)C(C)C. The Hall–Kier alpha value is -2.94. The lowest BCUT2D eigenvalue weighted by Gasteiger charge is -2.24. The van der Waals surface area contributed by atoms with E-state index in [1.807, 2.05) is 25.3 Å². The molecular formula is C18H22ClN5O4. The molecule has 0 bridgehead atoms. The fourth-order valence-corrected chi connectivity index (χ4v) is 2.91. The number of aromatic nitrogens is 2. The van der Waals surface area contributed by atoms with Gasteiger partial charge in [0.25, 0.3) is 11.6 Å². The average Bonchev–Trinajstić information content (AvgIpc) is 3.11. The van der Waals surface area contributed by atoms with Crippen LogP contribution < -0.4 is 10.6 Å². The number of nitrogens with one attached hydrogen (secondary N) is 2. The average molecular weight is 408 g/mol. The summed E-state index contributed by atoms with van der Waals surface area (Å²) < 4.78 is 1.84. The molecule has 0 radical (unpaired) electrons. The molecule has 0 aliphatic rings. The van der Waals surface area contributed by atoms with E-state index in [1.165, 1.54) is 12.1 Å². The highest BCUT2D eigenvalue weighted by atomic mass is 35.5. The summed E-state index contributed by atoms with van der Waals surface area (Å²) in [6, 6.07) is 2.60. The van der Waals surface area contributed by atoms with Crippen molar-refractivity contribution in [2.45, 2.75) is 39.4 Å². The summed E-state index contributed by atoms with van der Waals surface area (Å²) >= 11 is 6.00. The molecule has 2 amide bonds. The van der Waals surface area contributed by atoms with Crippen LogP contribution in [0, 0.1) is 16.0 Å². The zero-order chi connectivity index (χ0) is 20.8. The normalized spacial score (nSPS) is 13.0. The Balaban J connectivity index is 2.06. The fourth-order valence-electron chi connectivity index (χ4n) is 2.64. The van der Waals surface area contributed by atoms with Gasteiger partial charge in [0.05, 0.1) is 21.8 Å². The van der Waals surface area contributed by atoms with Crippen molar-refractivity contribution in [3.05, 3.63) is 57.6 Å². The first-order valence-corrected chi connectivity index (χ1v) is 9.07. The number of amides is 2. The number of nitro groups is 1. The number of hydrogen-bond donors (Lipinski definition) is 2.